The van der Waals surface area contributed by atoms with Gasteiger partial charge in [-0.25, -0.2) is 0 Å². The summed E-state index contributed by atoms with van der Waals surface area (Å²) in [6, 6.07) is 19.0. The van der Waals surface area contributed by atoms with E-state index in [2.05, 4.69) is 99.2 Å². The Balaban J connectivity index is 1.74. The quantitative estimate of drug-likeness (QED) is 0.409. The number of nitrogens with zero attached hydrogens (tertiary/aromatic N) is 1. The number of ether oxygens (including phenoxy) is 1. The van der Waals surface area contributed by atoms with E-state index in [9.17, 15) is 0 Å². The van der Waals surface area contributed by atoms with Gasteiger partial charge in [0.05, 0.1) is 6.61 Å². The smallest absolute Gasteiger partial charge is 0.119 e. The first kappa shape index (κ1) is 21.8. The van der Waals surface area contributed by atoms with Crippen molar-refractivity contribution in [3.8, 4) is 17.6 Å². The summed E-state index contributed by atoms with van der Waals surface area (Å²) >= 11 is 0. The van der Waals surface area contributed by atoms with Crippen LogP contribution in [0.5, 0.6) is 5.75 Å². The molecule has 148 valence electrons. The van der Waals surface area contributed by atoms with Crippen molar-refractivity contribution in [1.29, 1.82) is 0 Å². The number of hydrogen-bond acceptors (Lipinski definition) is 2. The molecule has 0 fully saturated rings. The Labute approximate surface area is 171 Å². The topological polar surface area (TPSA) is 12.5 Å². The second-order valence-corrected chi connectivity index (χ2v) is 8.20. The second kappa shape index (κ2) is 11.4. The van der Waals surface area contributed by atoms with Crippen molar-refractivity contribution in [2.24, 2.45) is 5.41 Å². The number of hydrogen-bond donors (Lipinski definition) is 0. The number of rotatable bonds is 9. The van der Waals surface area contributed by atoms with Crippen LogP contribution >= 0.6 is 0 Å². The van der Waals surface area contributed by atoms with Gasteiger partial charge in [-0.2, -0.15) is 0 Å². The van der Waals surface area contributed by atoms with E-state index in [1.807, 2.05) is 12.1 Å². The van der Waals surface area contributed by atoms with Gasteiger partial charge in [-0.05, 0) is 70.0 Å². The minimum atomic E-state index is 0.0534. The van der Waals surface area contributed by atoms with Crippen LogP contribution in [0, 0.1) is 17.3 Å². The number of aryl methyl sites for hydroxylation is 1. The Morgan fingerprint density at radius 1 is 1.00 bits per heavy atom. The first-order valence-corrected chi connectivity index (χ1v) is 10.0. The third kappa shape index (κ3) is 9.44. The van der Waals surface area contributed by atoms with Crippen LogP contribution in [0.2, 0.25) is 0 Å². The summed E-state index contributed by atoms with van der Waals surface area (Å²) in [7, 11) is 2.12. The predicted molar refractivity (Wildman–Crippen MR) is 119 cm³/mol. The van der Waals surface area contributed by atoms with Gasteiger partial charge in [0.25, 0.3) is 0 Å². The Kier molecular flexibility index (Phi) is 8.85. The van der Waals surface area contributed by atoms with Gasteiger partial charge in [0.1, 0.15) is 5.75 Å². The van der Waals surface area contributed by atoms with E-state index in [0.717, 1.165) is 38.3 Å². The van der Waals surface area contributed by atoms with E-state index in [1.54, 1.807) is 0 Å². The van der Waals surface area contributed by atoms with Crippen LogP contribution in [0.15, 0.2) is 66.7 Å². The first-order valence-electron chi connectivity index (χ1n) is 10.0. The molecular formula is C26H33NO. The molecule has 0 bridgehead atoms. The monoisotopic (exact) mass is 375 g/mol. The maximum Gasteiger partial charge on any atom is 0.119 e. The summed E-state index contributed by atoms with van der Waals surface area (Å²) in [5.74, 6) is 7.28. The normalized spacial score (nSPS) is 11.5. The summed E-state index contributed by atoms with van der Waals surface area (Å²) in [6.45, 7) is 8.87. The maximum atomic E-state index is 5.94. The summed E-state index contributed by atoms with van der Waals surface area (Å²) < 4.78 is 5.94. The summed E-state index contributed by atoms with van der Waals surface area (Å²) in [5.41, 5.74) is 2.68. The van der Waals surface area contributed by atoms with Crippen LogP contribution < -0.4 is 4.74 Å². The first-order chi connectivity index (χ1) is 13.4. The average molecular weight is 376 g/mol. The van der Waals surface area contributed by atoms with Crippen molar-refractivity contribution in [3.63, 3.8) is 0 Å². The van der Waals surface area contributed by atoms with Crippen LogP contribution in [0.4, 0.5) is 0 Å². The zero-order valence-corrected chi connectivity index (χ0v) is 17.7. The highest BCUT2D eigenvalue weighted by Gasteiger charge is 2.03. The minimum Gasteiger partial charge on any atom is -0.494 e. The van der Waals surface area contributed by atoms with Gasteiger partial charge in [0.2, 0.25) is 0 Å². The lowest BCUT2D eigenvalue weighted by molar-refractivity contribution is 0.309. The fraction of sp³-hybridized carbons (Fsp3) is 0.385. The molecule has 0 saturated carbocycles. The van der Waals surface area contributed by atoms with E-state index in [0.29, 0.717) is 0 Å². The second-order valence-electron chi connectivity index (χ2n) is 8.20. The van der Waals surface area contributed by atoms with Crippen molar-refractivity contribution in [1.82, 2.24) is 4.90 Å². The molecule has 0 aromatic heterocycles. The molecule has 2 aromatic rings. The zero-order valence-electron chi connectivity index (χ0n) is 17.7. The molecule has 0 amide bonds. The van der Waals surface area contributed by atoms with Crippen molar-refractivity contribution >= 4 is 0 Å². The van der Waals surface area contributed by atoms with E-state index in [-0.39, 0.29) is 5.41 Å². The van der Waals surface area contributed by atoms with Gasteiger partial charge >= 0.3 is 0 Å². The standard InChI is InChI=1S/C26H33NO/c1-26(2,3)18-9-6-10-19-27(4)22-24-15-11-17-25(21-24)28-20-12-16-23-13-7-5-8-14-23/h5-8,10-11,13-15,17,21H,12,16,19-20,22H2,1-4H3/b10-6+. The maximum absolute atomic E-state index is 5.94. The molecule has 0 aliphatic carbocycles. The molecule has 2 rings (SSSR count). The number of benzene rings is 2. The summed E-state index contributed by atoms with van der Waals surface area (Å²) in [6.07, 6.45) is 6.14. The minimum absolute atomic E-state index is 0.0534. The van der Waals surface area contributed by atoms with Crippen LogP contribution in [-0.4, -0.2) is 25.1 Å². The van der Waals surface area contributed by atoms with Crippen LogP contribution in [0.25, 0.3) is 0 Å². The lowest BCUT2D eigenvalue weighted by atomic mass is 9.98. The third-order valence-corrected chi connectivity index (χ3v) is 4.14. The van der Waals surface area contributed by atoms with Crippen molar-refractivity contribution in [3.05, 3.63) is 77.9 Å². The molecule has 0 radical (unpaired) electrons. The molecule has 2 nitrogen and oxygen atoms in total. The highest BCUT2D eigenvalue weighted by atomic mass is 16.5. The Morgan fingerprint density at radius 2 is 1.75 bits per heavy atom. The van der Waals surface area contributed by atoms with E-state index < -0.39 is 0 Å². The highest BCUT2D eigenvalue weighted by molar-refractivity contribution is 5.28. The van der Waals surface area contributed by atoms with Crippen molar-refractivity contribution < 1.29 is 4.74 Å². The highest BCUT2D eigenvalue weighted by Crippen LogP contribution is 2.15. The lowest BCUT2D eigenvalue weighted by Gasteiger charge is -2.15. The molecule has 2 heteroatoms. The molecule has 0 heterocycles. The average Bonchev–Trinajstić information content (AvgIpc) is 2.65. The van der Waals surface area contributed by atoms with Gasteiger partial charge in [0, 0.05) is 18.5 Å². The van der Waals surface area contributed by atoms with Crippen molar-refractivity contribution in [2.75, 3.05) is 20.2 Å². The molecule has 0 spiro atoms. The lowest BCUT2D eigenvalue weighted by Crippen LogP contribution is -2.17. The summed E-state index contributed by atoms with van der Waals surface area (Å²) in [4.78, 5) is 2.27. The molecular weight excluding hydrogens is 342 g/mol. The number of likely N-dealkylation sites (N-methyl/N-ethyl adjacent to an activating group) is 1. The Morgan fingerprint density at radius 3 is 2.50 bits per heavy atom. The molecule has 0 atom stereocenters. The SMILES string of the molecule is CN(C/C=C/C#CC(C)(C)C)Cc1cccc(OCCCc2ccccc2)c1. The van der Waals surface area contributed by atoms with E-state index in [4.69, 9.17) is 4.74 Å². The van der Waals surface area contributed by atoms with Crippen molar-refractivity contribution in [2.45, 2.75) is 40.2 Å². The molecule has 28 heavy (non-hydrogen) atoms. The number of allylic oxidation sites excluding steroid dienone is 1. The van der Waals surface area contributed by atoms with Gasteiger partial charge in [-0.1, -0.05) is 60.4 Å². The molecule has 0 N–H and O–H groups in total. The third-order valence-electron chi connectivity index (χ3n) is 4.14. The van der Waals surface area contributed by atoms with E-state index in [1.165, 1.54) is 11.1 Å². The van der Waals surface area contributed by atoms with E-state index >= 15 is 0 Å². The summed E-state index contributed by atoms with van der Waals surface area (Å²) in [5, 5.41) is 0. The molecule has 0 aliphatic heterocycles. The molecule has 0 unspecified atom stereocenters. The Hall–Kier alpha value is -2.50. The molecule has 2 aromatic carbocycles. The Bertz CT molecular complexity index is 790. The molecule has 0 saturated heterocycles. The zero-order chi connectivity index (χ0) is 20.2. The van der Waals surface area contributed by atoms with Crippen LogP contribution in [-0.2, 0) is 13.0 Å². The van der Waals surface area contributed by atoms with Crippen LogP contribution in [0.3, 0.4) is 0 Å². The molecule has 0 aliphatic rings. The van der Waals surface area contributed by atoms with Gasteiger partial charge in [-0.3, -0.25) is 4.90 Å². The van der Waals surface area contributed by atoms with Gasteiger partial charge < -0.3 is 4.74 Å². The predicted octanol–water partition coefficient (Wildman–Crippen LogP) is 5.74. The largest absolute Gasteiger partial charge is 0.494 e. The van der Waals surface area contributed by atoms with Crippen LogP contribution in [0.1, 0.15) is 38.3 Å². The van der Waals surface area contributed by atoms with Gasteiger partial charge in [-0.15, -0.1) is 0 Å². The fourth-order valence-corrected chi connectivity index (χ4v) is 2.77. The fourth-order valence-electron chi connectivity index (χ4n) is 2.77. The van der Waals surface area contributed by atoms with Gasteiger partial charge in [0.15, 0.2) is 0 Å².